The molecule has 0 radical (unpaired) electrons. The Morgan fingerprint density at radius 2 is 2.29 bits per heavy atom. The van der Waals surface area contributed by atoms with Crippen LogP contribution in [0.5, 0.6) is 0 Å². The average molecular weight is 236 g/mol. The van der Waals surface area contributed by atoms with Gasteiger partial charge in [-0.1, -0.05) is 6.07 Å². The van der Waals surface area contributed by atoms with Gasteiger partial charge in [-0.05, 0) is 56.6 Å². The van der Waals surface area contributed by atoms with Crippen molar-refractivity contribution in [1.82, 2.24) is 10.2 Å². The highest BCUT2D eigenvalue weighted by Crippen LogP contribution is 2.17. The molecule has 0 aromatic heterocycles. The third kappa shape index (κ3) is 3.27. The summed E-state index contributed by atoms with van der Waals surface area (Å²) < 4.78 is 13.2. The maximum absolute atomic E-state index is 13.2. The van der Waals surface area contributed by atoms with Crippen LogP contribution >= 0.6 is 0 Å². The summed E-state index contributed by atoms with van der Waals surface area (Å²) in [6, 6.07) is 5.64. The molecule has 1 saturated heterocycles. The number of hydrogen-bond acceptors (Lipinski definition) is 2. The zero-order valence-corrected chi connectivity index (χ0v) is 10.7. The molecule has 0 amide bonds. The molecule has 0 saturated carbocycles. The van der Waals surface area contributed by atoms with Gasteiger partial charge < -0.3 is 5.32 Å². The maximum atomic E-state index is 13.2. The van der Waals surface area contributed by atoms with E-state index in [4.69, 9.17) is 0 Å². The summed E-state index contributed by atoms with van der Waals surface area (Å²) in [6.07, 6.45) is 2.47. The second kappa shape index (κ2) is 5.61. The zero-order valence-electron chi connectivity index (χ0n) is 10.7. The molecule has 1 aromatic rings. The first-order chi connectivity index (χ1) is 8.19. The number of aryl methyl sites for hydroxylation is 1. The Labute approximate surface area is 103 Å². The molecule has 1 heterocycles. The highest BCUT2D eigenvalue weighted by molar-refractivity contribution is 5.26. The minimum Gasteiger partial charge on any atom is -0.316 e. The topological polar surface area (TPSA) is 15.3 Å². The van der Waals surface area contributed by atoms with Crippen LogP contribution in [0.3, 0.4) is 0 Å². The van der Waals surface area contributed by atoms with Gasteiger partial charge in [0.15, 0.2) is 0 Å². The Morgan fingerprint density at radius 1 is 1.47 bits per heavy atom. The van der Waals surface area contributed by atoms with Gasteiger partial charge in [-0.2, -0.15) is 0 Å². The first-order valence-corrected chi connectivity index (χ1v) is 6.33. The molecule has 2 rings (SSSR count). The number of piperidine rings is 1. The van der Waals surface area contributed by atoms with Crippen LogP contribution in [-0.4, -0.2) is 31.1 Å². The summed E-state index contributed by atoms with van der Waals surface area (Å²) in [5.41, 5.74) is 2.29. The fourth-order valence-corrected chi connectivity index (χ4v) is 2.49. The number of nitrogens with zero attached hydrogens (tertiary/aromatic N) is 1. The van der Waals surface area contributed by atoms with E-state index in [2.05, 4.69) is 10.2 Å². The summed E-state index contributed by atoms with van der Waals surface area (Å²) in [7, 11) is 2.02. The SMILES string of the molecule is CNC1CCCN(Cc2cc(F)ccc2C)C1. The lowest BCUT2D eigenvalue weighted by Gasteiger charge is -2.32. The molecule has 17 heavy (non-hydrogen) atoms. The van der Waals surface area contributed by atoms with Gasteiger partial charge in [0, 0.05) is 19.1 Å². The number of likely N-dealkylation sites (tertiary alicyclic amines) is 1. The lowest BCUT2D eigenvalue weighted by atomic mass is 10.0. The molecule has 3 heteroatoms. The lowest BCUT2D eigenvalue weighted by molar-refractivity contribution is 0.187. The largest absolute Gasteiger partial charge is 0.316 e. The van der Waals surface area contributed by atoms with Gasteiger partial charge in [0.05, 0.1) is 0 Å². The predicted octanol–water partition coefficient (Wildman–Crippen LogP) is 2.32. The van der Waals surface area contributed by atoms with Gasteiger partial charge in [0.2, 0.25) is 0 Å². The van der Waals surface area contributed by atoms with Crippen molar-refractivity contribution in [3.8, 4) is 0 Å². The summed E-state index contributed by atoms with van der Waals surface area (Å²) >= 11 is 0. The molecular formula is C14H21FN2. The normalized spacial score (nSPS) is 21.7. The average Bonchev–Trinajstić information content (AvgIpc) is 2.34. The molecule has 0 spiro atoms. The van der Waals surface area contributed by atoms with Crippen molar-refractivity contribution in [3.63, 3.8) is 0 Å². The van der Waals surface area contributed by atoms with E-state index in [1.54, 1.807) is 6.07 Å². The number of benzene rings is 1. The Morgan fingerprint density at radius 3 is 3.06 bits per heavy atom. The smallest absolute Gasteiger partial charge is 0.123 e. The predicted molar refractivity (Wildman–Crippen MR) is 68.5 cm³/mol. The van der Waals surface area contributed by atoms with E-state index in [1.165, 1.54) is 24.5 Å². The van der Waals surface area contributed by atoms with Crippen molar-refractivity contribution in [2.45, 2.75) is 32.4 Å². The Bertz CT molecular complexity index is 378. The fraction of sp³-hybridized carbons (Fsp3) is 0.571. The molecule has 0 bridgehead atoms. The van der Waals surface area contributed by atoms with E-state index in [0.29, 0.717) is 6.04 Å². The van der Waals surface area contributed by atoms with Crippen molar-refractivity contribution in [2.75, 3.05) is 20.1 Å². The van der Waals surface area contributed by atoms with Crippen LogP contribution in [0.25, 0.3) is 0 Å². The molecular weight excluding hydrogens is 215 g/mol. The summed E-state index contributed by atoms with van der Waals surface area (Å²) in [5.74, 6) is -0.132. The van der Waals surface area contributed by atoms with Gasteiger partial charge in [0.25, 0.3) is 0 Å². The standard InChI is InChI=1S/C14H21FN2/c1-11-5-6-13(15)8-12(11)9-17-7-3-4-14(10-17)16-2/h5-6,8,14,16H,3-4,7,9-10H2,1-2H3. The van der Waals surface area contributed by atoms with Gasteiger partial charge in [-0.15, -0.1) is 0 Å². The Kier molecular flexibility index (Phi) is 4.13. The Balaban J connectivity index is 2.02. The maximum Gasteiger partial charge on any atom is 0.123 e. The number of hydrogen-bond donors (Lipinski definition) is 1. The number of likely N-dealkylation sites (N-methyl/N-ethyl adjacent to an activating group) is 1. The minimum atomic E-state index is -0.132. The third-order valence-corrected chi connectivity index (χ3v) is 3.62. The number of halogens is 1. The minimum absolute atomic E-state index is 0.132. The van der Waals surface area contributed by atoms with E-state index in [1.807, 2.05) is 20.0 Å². The van der Waals surface area contributed by atoms with Crippen LogP contribution < -0.4 is 5.32 Å². The van der Waals surface area contributed by atoms with Crippen molar-refractivity contribution < 1.29 is 4.39 Å². The van der Waals surface area contributed by atoms with E-state index in [9.17, 15) is 4.39 Å². The molecule has 1 aliphatic heterocycles. The van der Waals surface area contributed by atoms with Gasteiger partial charge in [-0.25, -0.2) is 4.39 Å². The lowest BCUT2D eigenvalue weighted by Crippen LogP contribution is -2.43. The third-order valence-electron chi connectivity index (χ3n) is 3.62. The van der Waals surface area contributed by atoms with Crippen LogP contribution in [0.15, 0.2) is 18.2 Å². The second-order valence-electron chi connectivity index (χ2n) is 4.93. The van der Waals surface area contributed by atoms with Crippen LogP contribution in [0, 0.1) is 12.7 Å². The Hall–Kier alpha value is -0.930. The van der Waals surface area contributed by atoms with Gasteiger partial charge in [0.1, 0.15) is 5.82 Å². The molecule has 1 aliphatic rings. The number of nitrogens with one attached hydrogen (secondary N) is 1. The van der Waals surface area contributed by atoms with Crippen LogP contribution in [0.2, 0.25) is 0 Å². The van der Waals surface area contributed by atoms with Crippen molar-refractivity contribution in [1.29, 1.82) is 0 Å². The summed E-state index contributed by atoms with van der Waals surface area (Å²) in [4.78, 5) is 2.41. The molecule has 0 aliphatic carbocycles. The molecule has 1 unspecified atom stereocenters. The second-order valence-corrected chi connectivity index (χ2v) is 4.93. The molecule has 1 N–H and O–H groups in total. The van der Waals surface area contributed by atoms with E-state index < -0.39 is 0 Å². The van der Waals surface area contributed by atoms with Crippen molar-refractivity contribution >= 4 is 0 Å². The molecule has 2 nitrogen and oxygen atoms in total. The van der Waals surface area contributed by atoms with Crippen LogP contribution in [0.1, 0.15) is 24.0 Å². The monoisotopic (exact) mass is 236 g/mol. The van der Waals surface area contributed by atoms with Crippen LogP contribution in [0.4, 0.5) is 4.39 Å². The highest BCUT2D eigenvalue weighted by Gasteiger charge is 2.18. The van der Waals surface area contributed by atoms with Crippen molar-refractivity contribution in [2.24, 2.45) is 0 Å². The van der Waals surface area contributed by atoms with Gasteiger partial charge >= 0.3 is 0 Å². The number of rotatable bonds is 3. The molecule has 1 atom stereocenters. The summed E-state index contributed by atoms with van der Waals surface area (Å²) in [5, 5.41) is 3.33. The zero-order chi connectivity index (χ0) is 12.3. The van der Waals surface area contributed by atoms with Crippen LogP contribution in [-0.2, 0) is 6.54 Å². The fourth-order valence-electron chi connectivity index (χ4n) is 2.49. The first kappa shape index (κ1) is 12.5. The molecule has 1 fully saturated rings. The molecule has 94 valence electrons. The van der Waals surface area contributed by atoms with Crippen molar-refractivity contribution in [3.05, 3.63) is 35.1 Å². The van der Waals surface area contributed by atoms with Gasteiger partial charge in [-0.3, -0.25) is 4.90 Å². The quantitative estimate of drug-likeness (QED) is 0.866. The molecule has 1 aromatic carbocycles. The van der Waals surface area contributed by atoms with E-state index in [-0.39, 0.29) is 5.82 Å². The van der Waals surface area contributed by atoms with E-state index in [0.717, 1.165) is 25.2 Å². The highest BCUT2D eigenvalue weighted by atomic mass is 19.1. The first-order valence-electron chi connectivity index (χ1n) is 6.33. The van der Waals surface area contributed by atoms with E-state index >= 15 is 0 Å². The summed E-state index contributed by atoms with van der Waals surface area (Å²) in [6.45, 7) is 5.09.